The molecule has 2 aromatic rings. The van der Waals surface area contributed by atoms with Gasteiger partial charge in [-0.15, -0.1) is 0 Å². The Morgan fingerprint density at radius 1 is 0.639 bits per heavy atom. The lowest BCUT2D eigenvalue weighted by atomic mass is 9.84. The molecule has 0 spiro atoms. The number of carbonyl (C=O) groups excluding carboxylic acids is 2. The van der Waals surface area contributed by atoms with Gasteiger partial charge in [-0.1, -0.05) is 55.3 Å². The Labute approximate surface area is 209 Å². The highest BCUT2D eigenvalue weighted by Gasteiger charge is 2.50. The van der Waals surface area contributed by atoms with Gasteiger partial charge in [0.25, 0.3) is 11.8 Å². The highest BCUT2D eigenvalue weighted by Crippen LogP contribution is 2.27. The number of hydrogen-bond acceptors (Lipinski definition) is 8. The number of nitrogens with zero attached hydrogens (tertiary/aromatic N) is 1. The highest BCUT2D eigenvalue weighted by atomic mass is 16.5. The Morgan fingerprint density at radius 2 is 1.14 bits per heavy atom. The van der Waals surface area contributed by atoms with Crippen LogP contribution in [0.1, 0.15) is 52.0 Å². The monoisotopic (exact) mass is 499 g/mol. The lowest BCUT2D eigenvalue weighted by Gasteiger charge is -2.43. The summed E-state index contributed by atoms with van der Waals surface area (Å²) in [6.07, 6.45) is -5.22. The molecule has 1 saturated carbocycles. The Balaban J connectivity index is 1.16. The van der Waals surface area contributed by atoms with E-state index in [2.05, 4.69) is 0 Å². The molecule has 0 bridgehead atoms. The minimum atomic E-state index is -1.42. The van der Waals surface area contributed by atoms with Crippen LogP contribution in [0.25, 0.3) is 0 Å². The van der Waals surface area contributed by atoms with Gasteiger partial charge in [0.15, 0.2) is 0 Å². The van der Waals surface area contributed by atoms with E-state index in [0.717, 1.165) is 18.4 Å². The van der Waals surface area contributed by atoms with Gasteiger partial charge in [0.1, 0.15) is 36.6 Å². The van der Waals surface area contributed by atoms with Crippen molar-refractivity contribution in [3.63, 3.8) is 0 Å². The first kappa shape index (κ1) is 26.4. The molecule has 1 aliphatic carbocycles. The van der Waals surface area contributed by atoms with Crippen molar-refractivity contribution in [2.75, 3.05) is 13.2 Å². The Kier molecular flexibility index (Phi) is 8.84. The number of aliphatic hydroxyl groups excluding tert-OH is 4. The van der Waals surface area contributed by atoms with Crippen LogP contribution >= 0.6 is 0 Å². The van der Waals surface area contributed by atoms with Crippen LogP contribution in [0.5, 0.6) is 0 Å². The van der Waals surface area contributed by atoms with Gasteiger partial charge in [-0.25, -0.2) is 0 Å². The van der Waals surface area contributed by atoms with E-state index in [9.17, 15) is 30.0 Å². The lowest BCUT2D eigenvalue weighted by Crippen LogP contribution is -2.65. The van der Waals surface area contributed by atoms with Gasteiger partial charge in [0.2, 0.25) is 0 Å². The fourth-order valence-electron chi connectivity index (χ4n) is 4.73. The average Bonchev–Trinajstić information content (AvgIpc) is 3.14. The Morgan fingerprint density at radius 3 is 1.72 bits per heavy atom. The third-order valence-corrected chi connectivity index (χ3v) is 6.80. The van der Waals surface area contributed by atoms with Crippen LogP contribution in [0.15, 0.2) is 54.6 Å². The van der Waals surface area contributed by atoms with E-state index in [-0.39, 0.29) is 25.0 Å². The average molecular weight is 500 g/mol. The first-order valence-corrected chi connectivity index (χ1v) is 12.3. The van der Waals surface area contributed by atoms with Crippen molar-refractivity contribution in [1.29, 1.82) is 0 Å². The third-order valence-electron chi connectivity index (χ3n) is 6.80. The molecule has 9 nitrogen and oxygen atoms in total. The van der Waals surface area contributed by atoms with Crippen molar-refractivity contribution < 1.29 is 39.5 Å². The van der Waals surface area contributed by atoms with Gasteiger partial charge in [0.05, 0.1) is 17.7 Å². The topological polar surface area (TPSA) is 137 Å². The quantitative estimate of drug-likeness (QED) is 0.268. The van der Waals surface area contributed by atoms with Crippen LogP contribution in [-0.4, -0.2) is 86.9 Å². The van der Waals surface area contributed by atoms with Gasteiger partial charge in [-0.05, 0) is 30.5 Å². The molecule has 4 rings (SSSR count). The summed E-state index contributed by atoms with van der Waals surface area (Å²) in [5, 5.41) is 41.9. The molecule has 2 amide bonds. The first-order valence-electron chi connectivity index (χ1n) is 12.3. The van der Waals surface area contributed by atoms with Gasteiger partial charge >= 0.3 is 0 Å². The molecular weight excluding hydrogens is 466 g/mol. The Bertz CT molecular complexity index is 980. The third kappa shape index (κ3) is 5.67. The van der Waals surface area contributed by atoms with Gasteiger partial charge in [-0.2, -0.15) is 0 Å². The second-order valence-corrected chi connectivity index (χ2v) is 9.28. The smallest absolute Gasteiger partial charge is 0.261 e. The molecule has 2 aromatic carbocycles. The van der Waals surface area contributed by atoms with Crippen LogP contribution < -0.4 is 0 Å². The molecule has 9 heteroatoms. The number of carbonyl (C=O) groups is 2. The van der Waals surface area contributed by atoms with E-state index in [0.29, 0.717) is 30.5 Å². The molecule has 6 atom stereocenters. The summed E-state index contributed by atoms with van der Waals surface area (Å²) in [4.78, 5) is 26.0. The fourth-order valence-corrected chi connectivity index (χ4v) is 4.73. The number of fused-ring (bicyclic) bond motifs is 1. The zero-order valence-electron chi connectivity index (χ0n) is 20.0. The summed E-state index contributed by atoms with van der Waals surface area (Å²) in [5.41, 5.74) is 1.72. The predicted molar refractivity (Wildman–Crippen MR) is 129 cm³/mol. The normalized spacial score (nSPS) is 27.9. The summed E-state index contributed by atoms with van der Waals surface area (Å²) in [6, 6.07) is 16.0. The second-order valence-electron chi connectivity index (χ2n) is 9.28. The number of benzene rings is 2. The number of amides is 2. The van der Waals surface area contributed by atoms with E-state index in [1.807, 2.05) is 30.3 Å². The minimum absolute atomic E-state index is 0.116. The van der Waals surface area contributed by atoms with Gasteiger partial charge in [-0.3, -0.25) is 14.5 Å². The minimum Gasteiger partial charge on any atom is -0.387 e. The molecule has 0 saturated heterocycles. The molecule has 194 valence electrons. The summed E-state index contributed by atoms with van der Waals surface area (Å²) >= 11 is 0. The maximum atomic E-state index is 12.4. The van der Waals surface area contributed by atoms with E-state index in [1.54, 1.807) is 24.3 Å². The summed E-state index contributed by atoms with van der Waals surface area (Å²) in [7, 11) is 0. The van der Waals surface area contributed by atoms with Crippen LogP contribution in [-0.2, 0) is 16.1 Å². The van der Waals surface area contributed by atoms with Crippen LogP contribution in [0, 0.1) is 0 Å². The summed E-state index contributed by atoms with van der Waals surface area (Å²) in [6.45, 7) is 0.669. The van der Waals surface area contributed by atoms with Crippen molar-refractivity contribution in [1.82, 2.24) is 4.90 Å². The largest absolute Gasteiger partial charge is 0.387 e. The van der Waals surface area contributed by atoms with Crippen molar-refractivity contribution in [3.05, 3.63) is 71.3 Å². The molecule has 4 N–H and O–H groups in total. The van der Waals surface area contributed by atoms with Crippen molar-refractivity contribution in [3.8, 4) is 0 Å². The van der Waals surface area contributed by atoms with E-state index in [1.165, 1.54) is 4.90 Å². The fraction of sp³-hybridized carbons (Fsp3) is 0.481. The molecule has 1 heterocycles. The molecule has 0 aromatic heterocycles. The number of aliphatic hydroxyl groups is 4. The van der Waals surface area contributed by atoms with Crippen LogP contribution in [0.4, 0.5) is 0 Å². The van der Waals surface area contributed by atoms with E-state index < -0.39 is 36.6 Å². The lowest BCUT2D eigenvalue weighted by molar-refractivity contribution is -0.248. The molecule has 1 aliphatic heterocycles. The maximum Gasteiger partial charge on any atom is 0.261 e. The predicted octanol–water partition coefficient (Wildman–Crippen LogP) is 1.27. The number of rotatable bonds is 11. The molecule has 1 fully saturated rings. The van der Waals surface area contributed by atoms with Crippen molar-refractivity contribution in [2.45, 2.75) is 68.9 Å². The SMILES string of the molecule is O=C1c2ccccc2C(=O)N1CCCCCCO[C@H]1[C@@H](O)[C@@H](O)[C@H](OCc2ccccc2)[C@@H](O)[C@@H]1O. The van der Waals surface area contributed by atoms with Crippen LogP contribution in [0.3, 0.4) is 0 Å². The molecule has 0 radical (unpaired) electrons. The second kappa shape index (κ2) is 12.1. The molecule has 36 heavy (non-hydrogen) atoms. The van der Waals surface area contributed by atoms with Crippen molar-refractivity contribution in [2.24, 2.45) is 0 Å². The standard InChI is InChI=1S/C27H33NO8/c29-20-22(31)25(36-16-17-10-4-3-5-11-17)23(32)21(30)24(20)35-15-9-2-1-8-14-28-26(33)18-12-6-7-13-19(18)27(28)34/h3-7,10-13,20-25,29-32H,1-2,8-9,14-16H2/t20-,21-,22-,23+,24+,25+/m0/s1. The zero-order chi connectivity index (χ0) is 25.7. The van der Waals surface area contributed by atoms with Crippen molar-refractivity contribution >= 4 is 11.8 Å². The van der Waals surface area contributed by atoms with Crippen LogP contribution in [0.2, 0.25) is 0 Å². The maximum absolute atomic E-state index is 12.4. The van der Waals surface area contributed by atoms with Gasteiger partial charge < -0.3 is 29.9 Å². The van der Waals surface area contributed by atoms with Gasteiger partial charge in [0, 0.05) is 13.2 Å². The molecular formula is C27H33NO8. The molecule has 2 aliphatic rings. The Hall–Kier alpha value is -2.66. The zero-order valence-corrected chi connectivity index (χ0v) is 20.0. The highest BCUT2D eigenvalue weighted by molar-refractivity contribution is 6.21. The number of unbranched alkanes of at least 4 members (excludes halogenated alkanes) is 3. The summed E-state index contributed by atoms with van der Waals surface area (Å²) < 4.78 is 11.2. The molecule has 0 unspecified atom stereocenters. The first-order chi connectivity index (χ1) is 17.4. The van der Waals surface area contributed by atoms with E-state index in [4.69, 9.17) is 9.47 Å². The summed E-state index contributed by atoms with van der Waals surface area (Å²) in [5.74, 6) is -0.523. The number of imide groups is 1. The van der Waals surface area contributed by atoms with E-state index >= 15 is 0 Å². The number of hydrogen-bond donors (Lipinski definition) is 4. The number of ether oxygens (including phenoxy) is 2.